The van der Waals surface area contributed by atoms with Gasteiger partial charge in [0.1, 0.15) is 13.2 Å². The highest BCUT2D eigenvalue weighted by molar-refractivity contribution is 5.71. The predicted molar refractivity (Wildman–Crippen MR) is 302 cm³/mol. The summed E-state index contributed by atoms with van der Waals surface area (Å²) in [6, 6.07) is 0. The van der Waals surface area contributed by atoms with Gasteiger partial charge in [0.15, 0.2) is 6.10 Å². The van der Waals surface area contributed by atoms with E-state index < -0.39 is 6.10 Å². The summed E-state index contributed by atoms with van der Waals surface area (Å²) in [5.41, 5.74) is 0. The molecule has 1 atom stereocenters. The van der Waals surface area contributed by atoms with Crippen LogP contribution in [0.1, 0.15) is 335 Å². The van der Waals surface area contributed by atoms with Crippen molar-refractivity contribution < 1.29 is 28.6 Å². The summed E-state index contributed by atoms with van der Waals surface area (Å²) in [5.74, 6) is -0.856. The Bertz CT molecular complexity index is 1170. The molecule has 0 rings (SSSR count). The first-order valence-electron chi connectivity index (χ1n) is 31.0. The topological polar surface area (TPSA) is 78.9 Å². The maximum absolute atomic E-state index is 12.9. The first-order chi connectivity index (χ1) is 34.5. The second-order valence-corrected chi connectivity index (χ2v) is 21.0. The van der Waals surface area contributed by atoms with Crippen molar-refractivity contribution in [2.45, 2.75) is 341 Å². The molecule has 0 aliphatic rings. The maximum atomic E-state index is 12.9. The van der Waals surface area contributed by atoms with Crippen molar-refractivity contribution >= 4 is 17.9 Å². The number of unbranched alkanes of at least 4 members (excludes halogenated alkanes) is 41. The number of ether oxygens (including phenoxy) is 3. The number of hydrogen-bond donors (Lipinski definition) is 0. The normalized spacial score (nSPS) is 12.2. The lowest BCUT2D eigenvalue weighted by Crippen LogP contribution is -2.30. The molecule has 0 fully saturated rings. The maximum Gasteiger partial charge on any atom is 0.306 e. The molecule has 6 heteroatoms. The Kier molecular flexibility index (Phi) is 57.2. The molecule has 1 unspecified atom stereocenters. The minimum Gasteiger partial charge on any atom is -0.462 e. The Morgan fingerprint density at radius 3 is 0.829 bits per heavy atom. The fraction of sp³-hybridized carbons (Fsp3) is 0.859. The number of allylic oxidation sites excluding steroid dienone is 6. The third-order valence-electron chi connectivity index (χ3n) is 13.9. The van der Waals surface area contributed by atoms with E-state index in [1.165, 1.54) is 238 Å². The number of carbonyl (C=O) groups excluding carboxylic acids is 3. The van der Waals surface area contributed by atoms with Crippen molar-refractivity contribution in [3.63, 3.8) is 0 Å². The third kappa shape index (κ3) is 56.5. The van der Waals surface area contributed by atoms with E-state index in [0.717, 1.165) is 57.8 Å². The lowest BCUT2D eigenvalue weighted by Gasteiger charge is -2.18. The molecule has 70 heavy (non-hydrogen) atoms. The van der Waals surface area contributed by atoms with Crippen LogP contribution in [-0.4, -0.2) is 37.2 Å². The summed E-state index contributed by atoms with van der Waals surface area (Å²) in [7, 11) is 0. The average Bonchev–Trinajstić information content (AvgIpc) is 3.36. The van der Waals surface area contributed by atoms with Gasteiger partial charge in [-0.2, -0.15) is 0 Å². The lowest BCUT2D eigenvalue weighted by atomic mass is 10.0. The molecule has 6 nitrogen and oxygen atoms in total. The van der Waals surface area contributed by atoms with E-state index in [0.29, 0.717) is 19.3 Å². The Morgan fingerprint density at radius 1 is 0.286 bits per heavy atom. The average molecular weight is 984 g/mol. The van der Waals surface area contributed by atoms with Gasteiger partial charge in [-0.05, 0) is 70.6 Å². The molecule has 0 aromatic heterocycles. The molecule has 0 aliphatic heterocycles. The second-order valence-electron chi connectivity index (χ2n) is 21.0. The lowest BCUT2D eigenvalue weighted by molar-refractivity contribution is -0.167. The molecule has 0 radical (unpaired) electrons. The molecule has 0 heterocycles. The van der Waals surface area contributed by atoms with Gasteiger partial charge < -0.3 is 14.2 Å². The summed E-state index contributed by atoms with van der Waals surface area (Å²) < 4.78 is 16.9. The van der Waals surface area contributed by atoms with E-state index >= 15 is 0 Å². The van der Waals surface area contributed by atoms with Crippen LogP contribution in [0.4, 0.5) is 0 Å². The molecule has 0 bridgehead atoms. The fourth-order valence-corrected chi connectivity index (χ4v) is 9.20. The molecule has 0 saturated carbocycles. The van der Waals surface area contributed by atoms with E-state index in [-0.39, 0.29) is 31.1 Å². The second kappa shape index (κ2) is 59.2. The summed E-state index contributed by atoms with van der Waals surface area (Å²) in [4.78, 5) is 38.3. The number of rotatable bonds is 57. The van der Waals surface area contributed by atoms with Crippen molar-refractivity contribution in [1.29, 1.82) is 0 Å². The van der Waals surface area contributed by atoms with Crippen molar-refractivity contribution in [2.24, 2.45) is 0 Å². The van der Waals surface area contributed by atoms with Crippen LogP contribution in [-0.2, 0) is 28.6 Å². The standard InChI is InChI=1S/C64H118O6/c1-4-7-10-13-16-19-22-25-28-31-32-34-36-39-42-45-48-51-54-57-63(66)69-60-61(59-68-62(65)56-53-50-47-44-41-38-35-30-27-24-21-18-15-12-9-6-3)70-64(67)58-55-52-49-46-43-40-37-33-29-26-23-20-17-14-11-8-5-2/h16,19,22,25-26,29,61H,4-15,17-18,20-21,23-24,27-28,30-60H2,1-3H3/b19-16-,25-22-,29-26-. The van der Waals surface area contributed by atoms with Gasteiger partial charge in [-0.1, -0.05) is 282 Å². The van der Waals surface area contributed by atoms with Crippen LogP contribution in [0.3, 0.4) is 0 Å². The molecule has 0 saturated heterocycles. The summed E-state index contributed by atoms with van der Waals surface area (Å²) >= 11 is 0. The number of hydrogen-bond acceptors (Lipinski definition) is 6. The van der Waals surface area contributed by atoms with Gasteiger partial charge in [0.25, 0.3) is 0 Å². The largest absolute Gasteiger partial charge is 0.462 e. The molecule has 0 aliphatic carbocycles. The first kappa shape index (κ1) is 67.6. The van der Waals surface area contributed by atoms with Crippen molar-refractivity contribution in [3.8, 4) is 0 Å². The smallest absolute Gasteiger partial charge is 0.306 e. The molecule has 0 spiro atoms. The van der Waals surface area contributed by atoms with Crippen LogP contribution < -0.4 is 0 Å². The van der Waals surface area contributed by atoms with Crippen molar-refractivity contribution in [1.82, 2.24) is 0 Å². The Balaban J connectivity index is 4.34. The molecular weight excluding hydrogens is 865 g/mol. The molecule has 410 valence electrons. The van der Waals surface area contributed by atoms with Gasteiger partial charge in [0.05, 0.1) is 0 Å². The third-order valence-corrected chi connectivity index (χ3v) is 13.9. The number of carbonyl (C=O) groups is 3. The molecule has 0 amide bonds. The summed E-state index contributed by atoms with van der Waals surface area (Å²) in [5, 5.41) is 0. The molecule has 0 aromatic carbocycles. The monoisotopic (exact) mass is 983 g/mol. The summed E-state index contributed by atoms with van der Waals surface area (Å²) in [6.07, 6.45) is 71.3. The minimum atomic E-state index is -0.773. The first-order valence-corrected chi connectivity index (χ1v) is 31.0. The van der Waals surface area contributed by atoms with Gasteiger partial charge in [0, 0.05) is 19.3 Å². The van der Waals surface area contributed by atoms with Crippen LogP contribution in [0, 0.1) is 0 Å². The van der Waals surface area contributed by atoms with Gasteiger partial charge in [0.2, 0.25) is 0 Å². The van der Waals surface area contributed by atoms with Crippen LogP contribution in [0.5, 0.6) is 0 Å². The zero-order chi connectivity index (χ0) is 50.7. The van der Waals surface area contributed by atoms with Gasteiger partial charge in [-0.15, -0.1) is 0 Å². The Labute approximate surface area is 435 Å². The SMILES string of the molecule is CCCCC/C=C\C=C/CCCCCCCCCCCCC(=O)OCC(COC(=O)CCCCCCCCCCCCCCCCCC)OC(=O)CCCCCCCCC/C=C\CCCCCCCC. The Morgan fingerprint density at radius 2 is 0.514 bits per heavy atom. The van der Waals surface area contributed by atoms with Crippen LogP contribution >= 0.6 is 0 Å². The quantitative estimate of drug-likeness (QED) is 0.0199. The van der Waals surface area contributed by atoms with E-state index in [4.69, 9.17) is 14.2 Å². The van der Waals surface area contributed by atoms with Crippen LogP contribution in [0.2, 0.25) is 0 Å². The van der Waals surface area contributed by atoms with Gasteiger partial charge in [-0.3, -0.25) is 14.4 Å². The molecule has 0 aromatic rings. The van der Waals surface area contributed by atoms with Crippen LogP contribution in [0.25, 0.3) is 0 Å². The predicted octanol–water partition coefficient (Wildman–Crippen LogP) is 20.8. The van der Waals surface area contributed by atoms with Gasteiger partial charge in [-0.25, -0.2) is 0 Å². The van der Waals surface area contributed by atoms with E-state index in [1.807, 2.05) is 0 Å². The number of esters is 3. The van der Waals surface area contributed by atoms with Crippen LogP contribution in [0.15, 0.2) is 36.5 Å². The van der Waals surface area contributed by atoms with Crippen molar-refractivity contribution in [3.05, 3.63) is 36.5 Å². The molecule has 0 N–H and O–H groups in total. The van der Waals surface area contributed by atoms with E-state index in [1.54, 1.807) is 0 Å². The Hall–Kier alpha value is -2.37. The van der Waals surface area contributed by atoms with Gasteiger partial charge >= 0.3 is 17.9 Å². The fourth-order valence-electron chi connectivity index (χ4n) is 9.20. The van der Waals surface area contributed by atoms with Crippen molar-refractivity contribution in [2.75, 3.05) is 13.2 Å². The zero-order valence-electron chi connectivity index (χ0n) is 47.1. The molecular formula is C64H118O6. The summed E-state index contributed by atoms with van der Waals surface area (Å²) in [6.45, 7) is 6.66. The highest BCUT2D eigenvalue weighted by Gasteiger charge is 2.19. The highest BCUT2D eigenvalue weighted by atomic mass is 16.6. The van der Waals surface area contributed by atoms with E-state index in [9.17, 15) is 14.4 Å². The highest BCUT2D eigenvalue weighted by Crippen LogP contribution is 2.17. The van der Waals surface area contributed by atoms with E-state index in [2.05, 4.69) is 57.2 Å². The zero-order valence-corrected chi connectivity index (χ0v) is 47.1. The minimum absolute atomic E-state index is 0.0706.